The Labute approximate surface area is 129 Å². The molecule has 3 heterocycles. The van der Waals surface area contributed by atoms with E-state index in [1.165, 1.54) is 12.7 Å². The number of nitriles is 1. The first-order valence-electron chi connectivity index (χ1n) is 6.46. The minimum Gasteiger partial charge on any atom is -0.256 e. The Morgan fingerprint density at radius 2 is 2.00 bits per heavy atom. The van der Waals surface area contributed by atoms with Crippen molar-refractivity contribution in [3.05, 3.63) is 54.2 Å². The Kier molecular flexibility index (Phi) is 2.88. The Hall–Kier alpha value is -3.11. The maximum atomic E-state index is 9.16. The molecule has 7 heteroatoms. The second kappa shape index (κ2) is 5.02. The zero-order valence-electron chi connectivity index (χ0n) is 11.2. The van der Waals surface area contributed by atoms with E-state index in [1.807, 2.05) is 36.4 Å². The van der Waals surface area contributed by atoms with Crippen LogP contribution in [0.1, 0.15) is 5.82 Å². The summed E-state index contributed by atoms with van der Waals surface area (Å²) in [4.78, 5) is 9.53. The quantitative estimate of drug-likeness (QED) is 0.569. The molecule has 0 radical (unpaired) electrons. The van der Waals surface area contributed by atoms with Gasteiger partial charge in [0, 0.05) is 10.9 Å². The largest absolute Gasteiger partial charge is 0.256 e. The van der Waals surface area contributed by atoms with Crippen molar-refractivity contribution in [2.24, 2.45) is 0 Å². The van der Waals surface area contributed by atoms with E-state index in [9.17, 15) is 0 Å². The molecule has 6 nitrogen and oxygen atoms in total. The summed E-state index contributed by atoms with van der Waals surface area (Å²) in [6, 6.07) is 12.0. The van der Waals surface area contributed by atoms with E-state index in [0.29, 0.717) is 5.82 Å². The lowest BCUT2D eigenvalue weighted by Crippen LogP contribution is -2.01. The average molecular weight is 304 g/mol. The highest BCUT2D eigenvalue weighted by molar-refractivity contribution is 7.17. The predicted molar refractivity (Wildman–Crippen MR) is 82.5 cm³/mol. The summed E-state index contributed by atoms with van der Waals surface area (Å²) in [5.41, 5.74) is 2.12. The maximum Gasteiger partial charge on any atom is 0.240 e. The van der Waals surface area contributed by atoms with Gasteiger partial charge >= 0.3 is 0 Å². The van der Waals surface area contributed by atoms with Gasteiger partial charge in [0.15, 0.2) is 5.82 Å². The van der Waals surface area contributed by atoms with Gasteiger partial charge in [-0.2, -0.15) is 5.26 Å². The summed E-state index contributed by atoms with van der Waals surface area (Å²) in [6.45, 7) is 0. The fraction of sp³-hybridized carbons (Fsp3) is 0. The summed E-state index contributed by atoms with van der Waals surface area (Å²) in [5, 5.41) is 19.7. The molecule has 0 bridgehead atoms. The molecule has 0 N–H and O–H groups in total. The third-order valence-electron chi connectivity index (χ3n) is 3.31. The van der Waals surface area contributed by atoms with Crippen molar-refractivity contribution in [2.45, 2.75) is 0 Å². The van der Waals surface area contributed by atoms with Gasteiger partial charge < -0.3 is 0 Å². The lowest BCUT2D eigenvalue weighted by atomic mass is 10.1. The molecule has 104 valence electrons. The second-order valence-electron chi connectivity index (χ2n) is 4.53. The SMILES string of the molecule is N#Cc1nncn1-c1ncnc2scc(-c3ccccc3)c12. The van der Waals surface area contributed by atoms with E-state index in [-0.39, 0.29) is 5.82 Å². The van der Waals surface area contributed by atoms with Gasteiger partial charge in [-0.3, -0.25) is 4.57 Å². The molecule has 0 unspecified atom stereocenters. The zero-order valence-corrected chi connectivity index (χ0v) is 12.0. The number of hydrogen-bond donors (Lipinski definition) is 0. The molecule has 4 aromatic rings. The van der Waals surface area contributed by atoms with Crippen molar-refractivity contribution in [3.8, 4) is 23.0 Å². The summed E-state index contributed by atoms with van der Waals surface area (Å²) in [7, 11) is 0. The molecule has 0 amide bonds. The first kappa shape index (κ1) is 12.6. The monoisotopic (exact) mass is 304 g/mol. The molecule has 0 atom stereocenters. The Balaban J connectivity index is 2.05. The van der Waals surface area contributed by atoms with Gasteiger partial charge in [0.1, 0.15) is 23.6 Å². The lowest BCUT2D eigenvalue weighted by Gasteiger charge is -2.05. The van der Waals surface area contributed by atoms with Crippen LogP contribution < -0.4 is 0 Å². The Morgan fingerprint density at radius 3 is 2.82 bits per heavy atom. The van der Waals surface area contributed by atoms with Crippen LogP contribution >= 0.6 is 11.3 Å². The summed E-state index contributed by atoms with van der Waals surface area (Å²) >= 11 is 1.55. The van der Waals surface area contributed by atoms with Crippen molar-refractivity contribution in [1.82, 2.24) is 24.7 Å². The topological polar surface area (TPSA) is 80.3 Å². The van der Waals surface area contributed by atoms with E-state index in [4.69, 9.17) is 5.26 Å². The Morgan fingerprint density at radius 1 is 1.14 bits per heavy atom. The fourth-order valence-electron chi connectivity index (χ4n) is 2.34. The highest BCUT2D eigenvalue weighted by Crippen LogP contribution is 2.35. The summed E-state index contributed by atoms with van der Waals surface area (Å²) < 4.78 is 1.59. The first-order valence-corrected chi connectivity index (χ1v) is 7.34. The van der Waals surface area contributed by atoms with Crippen LogP contribution in [-0.2, 0) is 0 Å². The first-order chi connectivity index (χ1) is 10.9. The molecular weight excluding hydrogens is 296 g/mol. The average Bonchev–Trinajstić information content (AvgIpc) is 3.22. The minimum atomic E-state index is 0.199. The third-order valence-corrected chi connectivity index (χ3v) is 4.20. The molecule has 4 rings (SSSR count). The molecular formula is C15H8N6S. The maximum absolute atomic E-state index is 9.16. The van der Waals surface area contributed by atoms with Crippen LogP contribution in [-0.4, -0.2) is 24.7 Å². The molecule has 0 fully saturated rings. The minimum absolute atomic E-state index is 0.199. The van der Waals surface area contributed by atoms with Crippen molar-refractivity contribution >= 4 is 21.6 Å². The number of thiophene rings is 1. The number of benzene rings is 1. The molecule has 0 spiro atoms. The number of nitrogens with zero attached hydrogens (tertiary/aromatic N) is 6. The number of rotatable bonds is 2. The van der Waals surface area contributed by atoms with Crippen LogP contribution in [0, 0.1) is 11.3 Å². The van der Waals surface area contributed by atoms with Gasteiger partial charge in [-0.25, -0.2) is 9.97 Å². The predicted octanol–water partition coefficient (Wildman–Crippen LogP) is 2.81. The van der Waals surface area contributed by atoms with E-state index in [1.54, 1.807) is 15.9 Å². The normalized spacial score (nSPS) is 10.7. The van der Waals surface area contributed by atoms with Crippen LogP contribution in [0.25, 0.3) is 27.2 Å². The van der Waals surface area contributed by atoms with Crippen molar-refractivity contribution in [1.29, 1.82) is 5.26 Å². The molecule has 1 aromatic carbocycles. The third kappa shape index (κ3) is 1.86. The summed E-state index contributed by atoms with van der Waals surface area (Å²) in [5.74, 6) is 0.817. The van der Waals surface area contributed by atoms with Crippen LogP contribution in [0.2, 0.25) is 0 Å². The molecule has 0 aliphatic carbocycles. The van der Waals surface area contributed by atoms with Crippen LogP contribution in [0.15, 0.2) is 48.4 Å². The number of hydrogen-bond acceptors (Lipinski definition) is 6. The lowest BCUT2D eigenvalue weighted by molar-refractivity contribution is 0.970. The van der Waals surface area contributed by atoms with Gasteiger partial charge in [0.2, 0.25) is 5.82 Å². The molecule has 22 heavy (non-hydrogen) atoms. The molecule has 0 saturated carbocycles. The van der Waals surface area contributed by atoms with Gasteiger partial charge in [-0.1, -0.05) is 30.3 Å². The second-order valence-corrected chi connectivity index (χ2v) is 5.39. The highest BCUT2D eigenvalue weighted by Gasteiger charge is 2.16. The Bertz CT molecular complexity index is 996. The summed E-state index contributed by atoms with van der Waals surface area (Å²) in [6.07, 6.45) is 2.98. The van der Waals surface area contributed by atoms with E-state index in [2.05, 4.69) is 25.5 Å². The van der Waals surface area contributed by atoms with E-state index in [0.717, 1.165) is 21.3 Å². The van der Waals surface area contributed by atoms with Crippen LogP contribution in [0.4, 0.5) is 0 Å². The highest BCUT2D eigenvalue weighted by atomic mass is 32.1. The molecule has 0 aliphatic rings. The standard InChI is InChI=1S/C15H8N6S/c16-6-12-20-19-9-21(12)14-13-11(10-4-2-1-3-5-10)7-22-15(13)18-8-17-14/h1-5,7-9H. The van der Waals surface area contributed by atoms with Gasteiger partial charge in [0.05, 0.1) is 5.39 Å². The number of aromatic nitrogens is 5. The van der Waals surface area contributed by atoms with E-state index >= 15 is 0 Å². The van der Waals surface area contributed by atoms with Crippen molar-refractivity contribution < 1.29 is 0 Å². The van der Waals surface area contributed by atoms with Crippen molar-refractivity contribution in [3.63, 3.8) is 0 Å². The van der Waals surface area contributed by atoms with Crippen LogP contribution in [0.3, 0.4) is 0 Å². The molecule has 0 aliphatic heterocycles. The smallest absolute Gasteiger partial charge is 0.240 e. The van der Waals surface area contributed by atoms with E-state index < -0.39 is 0 Å². The zero-order chi connectivity index (χ0) is 14.9. The number of fused-ring (bicyclic) bond motifs is 1. The van der Waals surface area contributed by atoms with Gasteiger partial charge in [-0.05, 0) is 5.56 Å². The fourth-order valence-corrected chi connectivity index (χ4v) is 3.25. The molecule has 3 aromatic heterocycles. The van der Waals surface area contributed by atoms with Crippen LogP contribution in [0.5, 0.6) is 0 Å². The van der Waals surface area contributed by atoms with Crippen molar-refractivity contribution in [2.75, 3.05) is 0 Å². The van der Waals surface area contributed by atoms with Gasteiger partial charge in [0.25, 0.3) is 0 Å². The molecule has 0 saturated heterocycles. The van der Waals surface area contributed by atoms with Gasteiger partial charge in [-0.15, -0.1) is 21.5 Å².